The molecule has 0 radical (unpaired) electrons. The van der Waals surface area contributed by atoms with E-state index in [9.17, 15) is 4.79 Å². The van der Waals surface area contributed by atoms with Crippen molar-refractivity contribution in [1.29, 1.82) is 0 Å². The highest BCUT2D eigenvalue weighted by Gasteiger charge is 2.46. The van der Waals surface area contributed by atoms with E-state index in [0.29, 0.717) is 5.92 Å². The Morgan fingerprint density at radius 3 is 2.81 bits per heavy atom. The fraction of sp³-hybridized carbons (Fsp3) is 0.667. The summed E-state index contributed by atoms with van der Waals surface area (Å²) in [6.07, 6.45) is 1.68. The molecule has 1 heterocycles. The van der Waals surface area contributed by atoms with Crippen molar-refractivity contribution in [1.82, 2.24) is 9.97 Å². The van der Waals surface area contributed by atoms with Crippen LogP contribution in [-0.2, 0) is 11.2 Å². The lowest BCUT2D eigenvalue weighted by molar-refractivity contribution is -0.138. The lowest BCUT2D eigenvalue weighted by atomic mass is 10.1. The zero-order chi connectivity index (χ0) is 11.9. The second kappa shape index (κ2) is 3.92. The third kappa shape index (κ3) is 2.10. The second-order valence-corrected chi connectivity index (χ2v) is 5.08. The molecule has 16 heavy (non-hydrogen) atoms. The predicted molar refractivity (Wildman–Crippen MR) is 60.4 cm³/mol. The molecule has 0 spiro atoms. The number of aliphatic carboxylic acids is 1. The van der Waals surface area contributed by atoms with Gasteiger partial charge in [-0.2, -0.15) is 0 Å². The van der Waals surface area contributed by atoms with Gasteiger partial charge in [-0.15, -0.1) is 0 Å². The average Bonchev–Trinajstić information content (AvgIpc) is 2.88. The maximum absolute atomic E-state index is 10.8. The van der Waals surface area contributed by atoms with Crippen molar-refractivity contribution in [2.75, 3.05) is 0 Å². The number of H-pyrrole nitrogens is 1. The van der Waals surface area contributed by atoms with E-state index in [1.807, 2.05) is 6.92 Å². The van der Waals surface area contributed by atoms with Gasteiger partial charge in [0.2, 0.25) is 0 Å². The van der Waals surface area contributed by atoms with Crippen LogP contribution in [0.15, 0.2) is 0 Å². The number of carbonyl (C=O) groups is 1. The van der Waals surface area contributed by atoms with Crippen LogP contribution in [0.2, 0.25) is 0 Å². The summed E-state index contributed by atoms with van der Waals surface area (Å²) in [4.78, 5) is 18.5. The van der Waals surface area contributed by atoms with Gasteiger partial charge in [-0.3, -0.25) is 4.79 Å². The number of carboxylic acids is 1. The summed E-state index contributed by atoms with van der Waals surface area (Å²) in [5.74, 6) is 0.615. The van der Waals surface area contributed by atoms with Gasteiger partial charge in [0, 0.05) is 11.6 Å². The molecule has 0 saturated heterocycles. The molecule has 1 aliphatic rings. The van der Waals surface area contributed by atoms with Gasteiger partial charge < -0.3 is 10.1 Å². The number of aryl methyl sites for hydroxylation is 1. The highest BCUT2D eigenvalue weighted by Crippen LogP contribution is 2.46. The molecule has 1 aromatic heterocycles. The minimum atomic E-state index is -0.704. The first-order valence-corrected chi connectivity index (χ1v) is 5.77. The number of hydrogen-bond acceptors (Lipinski definition) is 2. The van der Waals surface area contributed by atoms with Crippen molar-refractivity contribution in [3.63, 3.8) is 0 Å². The molecule has 4 nitrogen and oxygen atoms in total. The topological polar surface area (TPSA) is 66.0 Å². The Balaban J connectivity index is 2.10. The maximum Gasteiger partial charge on any atom is 0.307 e. The number of imidazole rings is 1. The number of nitrogens with one attached hydrogen (secondary N) is 1. The van der Waals surface area contributed by atoms with E-state index in [2.05, 4.69) is 23.8 Å². The standard InChI is InChI=1S/C12H18N2O2/c1-6(2)4-10-7(3)13-11(14-10)8-5-9(8)12(15)16/h6,8-9H,4-5H2,1-3H3,(H,13,14)(H,15,16). The maximum atomic E-state index is 10.8. The summed E-state index contributed by atoms with van der Waals surface area (Å²) in [5, 5.41) is 8.86. The molecule has 1 aliphatic carbocycles. The van der Waals surface area contributed by atoms with Gasteiger partial charge in [0.15, 0.2) is 0 Å². The van der Waals surface area contributed by atoms with Crippen LogP contribution in [0, 0.1) is 18.8 Å². The van der Waals surface area contributed by atoms with E-state index < -0.39 is 5.97 Å². The monoisotopic (exact) mass is 222 g/mol. The van der Waals surface area contributed by atoms with Gasteiger partial charge in [0.25, 0.3) is 0 Å². The Labute approximate surface area is 95.1 Å². The number of nitrogens with zero attached hydrogens (tertiary/aromatic N) is 1. The molecule has 2 atom stereocenters. The molecular formula is C12H18N2O2. The Kier molecular flexibility index (Phi) is 2.74. The van der Waals surface area contributed by atoms with Crippen molar-refractivity contribution in [3.05, 3.63) is 17.2 Å². The molecule has 0 aliphatic heterocycles. The number of hydrogen-bond donors (Lipinski definition) is 2. The molecule has 2 unspecified atom stereocenters. The molecule has 88 valence electrons. The third-order valence-corrected chi connectivity index (χ3v) is 3.06. The lowest BCUT2D eigenvalue weighted by Crippen LogP contribution is -2.00. The quantitative estimate of drug-likeness (QED) is 0.819. The fourth-order valence-corrected chi connectivity index (χ4v) is 2.05. The van der Waals surface area contributed by atoms with Gasteiger partial charge in [-0.05, 0) is 25.7 Å². The van der Waals surface area contributed by atoms with Crippen LogP contribution < -0.4 is 0 Å². The molecule has 1 fully saturated rings. The molecule has 0 aromatic carbocycles. The van der Waals surface area contributed by atoms with Crippen LogP contribution in [-0.4, -0.2) is 21.0 Å². The van der Waals surface area contributed by atoms with Gasteiger partial charge in [-0.25, -0.2) is 4.98 Å². The van der Waals surface area contributed by atoms with Crippen LogP contribution in [0.5, 0.6) is 0 Å². The summed E-state index contributed by atoms with van der Waals surface area (Å²) in [6, 6.07) is 0. The first-order chi connectivity index (χ1) is 7.49. The van der Waals surface area contributed by atoms with E-state index in [1.165, 1.54) is 0 Å². The molecular weight excluding hydrogens is 204 g/mol. The van der Waals surface area contributed by atoms with Gasteiger partial charge >= 0.3 is 5.97 Å². The van der Waals surface area contributed by atoms with Crippen molar-refractivity contribution in [3.8, 4) is 0 Å². The Morgan fingerprint density at radius 2 is 2.31 bits per heavy atom. The number of aromatic nitrogens is 2. The van der Waals surface area contributed by atoms with Crippen LogP contribution >= 0.6 is 0 Å². The van der Waals surface area contributed by atoms with Crippen LogP contribution in [0.1, 0.15) is 43.4 Å². The fourth-order valence-electron chi connectivity index (χ4n) is 2.05. The largest absolute Gasteiger partial charge is 0.481 e. The SMILES string of the molecule is Cc1[nH]c(C2CC2C(=O)O)nc1CC(C)C. The summed E-state index contributed by atoms with van der Waals surface area (Å²) < 4.78 is 0. The summed E-state index contributed by atoms with van der Waals surface area (Å²) in [7, 11) is 0. The Hall–Kier alpha value is -1.32. The lowest BCUT2D eigenvalue weighted by Gasteiger charge is -2.00. The highest BCUT2D eigenvalue weighted by molar-refractivity contribution is 5.74. The number of carboxylic acid groups (broad SMARTS) is 1. The van der Waals surface area contributed by atoms with Gasteiger partial charge in [-0.1, -0.05) is 13.8 Å². The Bertz CT molecular complexity index is 409. The normalized spacial score (nSPS) is 23.8. The van der Waals surface area contributed by atoms with E-state index in [4.69, 9.17) is 5.11 Å². The van der Waals surface area contributed by atoms with Crippen LogP contribution in [0.3, 0.4) is 0 Å². The van der Waals surface area contributed by atoms with E-state index >= 15 is 0 Å². The molecule has 2 rings (SSSR count). The molecule has 4 heteroatoms. The first kappa shape index (κ1) is 11.2. The average molecular weight is 222 g/mol. The molecule has 0 amide bonds. The zero-order valence-corrected chi connectivity index (χ0v) is 9.95. The predicted octanol–water partition coefficient (Wildman–Crippen LogP) is 2.10. The van der Waals surface area contributed by atoms with Crippen molar-refractivity contribution >= 4 is 5.97 Å². The van der Waals surface area contributed by atoms with E-state index in [-0.39, 0.29) is 11.8 Å². The van der Waals surface area contributed by atoms with Gasteiger partial charge in [0.1, 0.15) is 5.82 Å². The molecule has 2 N–H and O–H groups in total. The van der Waals surface area contributed by atoms with Crippen molar-refractivity contribution in [2.24, 2.45) is 11.8 Å². The van der Waals surface area contributed by atoms with E-state index in [0.717, 1.165) is 30.1 Å². The van der Waals surface area contributed by atoms with Crippen LogP contribution in [0.4, 0.5) is 0 Å². The Morgan fingerprint density at radius 1 is 1.62 bits per heavy atom. The summed E-state index contributed by atoms with van der Waals surface area (Å²) in [5.41, 5.74) is 2.17. The van der Waals surface area contributed by atoms with E-state index in [1.54, 1.807) is 0 Å². The minimum Gasteiger partial charge on any atom is -0.481 e. The third-order valence-electron chi connectivity index (χ3n) is 3.06. The van der Waals surface area contributed by atoms with Crippen molar-refractivity contribution in [2.45, 2.75) is 39.5 Å². The molecule has 0 bridgehead atoms. The second-order valence-electron chi connectivity index (χ2n) is 5.08. The van der Waals surface area contributed by atoms with Gasteiger partial charge in [0.05, 0.1) is 11.6 Å². The van der Waals surface area contributed by atoms with Crippen molar-refractivity contribution < 1.29 is 9.90 Å². The summed E-state index contributed by atoms with van der Waals surface area (Å²) in [6.45, 7) is 6.32. The molecule has 1 saturated carbocycles. The highest BCUT2D eigenvalue weighted by atomic mass is 16.4. The summed E-state index contributed by atoms with van der Waals surface area (Å²) >= 11 is 0. The zero-order valence-electron chi connectivity index (χ0n) is 9.95. The minimum absolute atomic E-state index is 0.108. The number of aromatic amines is 1. The smallest absolute Gasteiger partial charge is 0.307 e. The van der Waals surface area contributed by atoms with Crippen LogP contribution in [0.25, 0.3) is 0 Å². The number of rotatable bonds is 4. The first-order valence-electron chi connectivity index (χ1n) is 5.77. The molecule has 1 aromatic rings.